The zero-order chi connectivity index (χ0) is 20.6. The molecular formula is C19H19N7O3. The van der Waals surface area contributed by atoms with Crippen molar-refractivity contribution in [1.29, 1.82) is 0 Å². The molecular weight excluding hydrogens is 374 g/mol. The molecule has 0 aliphatic heterocycles. The fraction of sp³-hybridized carbons (Fsp3) is 0.158. The first-order chi connectivity index (χ1) is 14.0. The van der Waals surface area contributed by atoms with Gasteiger partial charge in [-0.15, -0.1) is 10.2 Å². The molecule has 3 N–H and O–H groups in total. The van der Waals surface area contributed by atoms with Crippen LogP contribution in [0.1, 0.15) is 15.9 Å². The highest BCUT2D eigenvalue weighted by Gasteiger charge is 2.10. The van der Waals surface area contributed by atoms with Crippen molar-refractivity contribution in [2.24, 2.45) is 0 Å². The average molecular weight is 393 g/mol. The largest absolute Gasteiger partial charge is 0.367 e. The Kier molecular flexibility index (Phi) is 6.25. The smallest absolute Gasteiger partial charge is 0.270 e. The summed E-state index contributed by atoms with van der Waals surface area (Å²) in [5, 5.41) is 27.7. The van der Waals surface area contributed by atoms with Gasteiger partial charge in [-0.25, -0.2) is 4.98 Å². The fourth-order valence-electron chi connectivity index (χ4n) is 2.40. The van der Waals surface area contributed by atoms with Crippen LogP contribution in [0.5, 0.6) is 0 Å². The number of amides is 1. The number of carbonyl (C=O) groups excluding carboxylic acids is 1. The van der Waals surface area contributed by atoms with Crippen LogP contribution in [0.3, 0.4) is 0 Å². The minimum Gasteiger partial charge on any atom is -0.367 e. The molecule has 0 radical (unpaired) electrons. The molecule has 1 aromatic carbocycles. The molecule has 148 valence electrons. The molecule has 0 unspecified atom stereocenters. The van der Waals surface area contributed by atoms with Crippen molar-refractivity contribution in [3.8, 4) is 0 Å². The van der Waals surface area contributed by atoms with E-state index in [4.69, 9.17) is 0 Å². The lowest BCUT2D eigenvalue weighted by molar-refractivity contribution is -0.384. The number of benzene rings is 1. The van der Waals surface area contributed by atoms with Crippen LogP contribution in [0, 0.1) is 17.0 Å². The number of nitrogens with zero attached hydrogens (tertiary/aromatic N) is 4. The lowest BCUT2D eigenvalue weighted by Crippen LogP contribution is -2.28. The normalized spacial score (nSPS) is 10.2. The molecule has 10 nitrogen and oxygen atoms in total. The maximum Gasteiger partial charge on any atom is 0.270 e. The molecule has 0 fully saturated rings. The standard InChI is InChI=1S/C19H19N7O3/c1-13-5-6-16(22-12-13)23-18-8-7-17(24-25-18)20-9-10-21-19(27)14-3-2-4-15(11-14)26(28)29/h2-8,11-12H,9-10H2,1H3,(H,20,24)(H,21,27)(H,22,23,25). The summed E-state index contributed by atoms with van der Waals surface area (Å²) < 4.78 is 0. The number of hydrogen-bond acceptors (Lipinski definition) is 8. The van der Waals surface area contributed by atoms with Crippen LogP contribution >= 0.6 is 0 Å². The summed E-state index contributed by atoms with van der Waals surface area (Å²) in [6, 6.07) is 12.9. The second kappa shape index (κ2) is 9.22. The van der Waals surface area contributed by atoms with Crippen LogP contribution in [0.4, 0.5) is 23.1 Å². The zero-order valence-corrected chi connectivity index (χ0v) is 15.6. The quantitative estimate of drug-likeness (QED) is 0.302. The molecule has 0 saturated heterocycles. The second-order valence-corrected chi connectivity index (χ2v) is 6.14. The van der Waals surface area contributed by atoms with Crippen molar-refractivity contribution < 1.29 is 9.72 Å². The van der Waals surface area contributed by atoms with E-state index in [2.05, 4.69) is 31.1 Å². The number of aromatic nitrogens is 3. The summed E-state index contributed by atoms with van der Waals surface area (Å²) >= 11 is 0. The Morgan fingerprint density at radius 2 is 1.79 bits per heavy atom. The van der Waals surface area contributed by atoms with Crippen LogP contribution in [-0.4, -0.2) is 39.1 Å². The zero-order valence-electron chi connectivity index (χ0n) is 15.6. The molecule has 0 saturated carbocycles. The van der Waals surface area contributed by atoms with Crippen LogP contribution in [0.15, 0.2) is 54.7 Å². The molecule has 1 amide bonds. The molecule has 3 aromatic rings. The summed E-state index contributed by atoms with van der Waals surface area (Å²) in [7, 11) is 0. The number of nitro benzene ring substituents is 1. The molecule has 0 aliphatic rings. The first-order valence-corrected chi connectivity index (χ1v) is 8.81. The number of rotatable bonds is 8. The van der Waals surface area contributed by atoms with E-state index in [0.29, 0.717) is 30.5 Å². The molecule has 29 heavy (non-hydrogen) atoms. The number of nitrogens with one attached hydrogen (secondary N) is 3. The van der Waals surface area contributed by atoms with E-state index >= 15 is 0 Å². The molecule has 0 bridgehead atoms. The number of carbonyl (C=O) groups is 1. The van der Waals surface area contributed by atoms with Gasteiger partial charge < -0.3 is 16.0 Å². The van der Waals surface area contributed by atoms with Gasteiger partial charge in [0.15, 0.2) is 5.82 Å². The van der Waals surface area contributed by atoms with E-state index < -0.39 is 4.92 Å². The van der Waals surface area contributed by atoms with Crippen LogP contribution < -0.4 is 16.0 Å². The Bertz CT molecular complexity index is 991. The van der Waals surface area contributed by atoms with Gasteiger partial charge in [-0.2, -0.15) is 0 Å². The number of anilines is 3. The number of hydrogen-bond donors (Lipinski definition) is 3. The van der Waals surface area contributed by atoms with Crippen molar-refractivity contribution in [3.05, 3.63) is 76.0 Å². The molecule has 0 aliphatic carbocycles. The van der Waals surface area contributed by atoms with Gasteiger partial charge in [-0.3, -0.25) is 14.9 Å². The van der Waals surface area contributed by atoms with Gasteiger partial charge in [0.25, 0.3) is 11.6 Å². The van der Waals surface area contributed by atoms with Crippen molar-refractivity contribution in [2.45, 2.75) is 6.92 Å². The van der Waals surface area contributed by atoms with Crippen LogP contribution in [0.25, 0.3) is 0 Å². The van der Waals surface area contributed by atoms with Crippen molar-refractivity contribution in [3.63, 3.8) is 0 Å². The molecule has 0 atom stereocenters. The highest BCUT2D eigenvalue weighted by atomic mass is 16.6. The van der Waals surface area contributed by atoms with Crippen LogP contribution in [0.2, 0.25) is 0 Å². The average Bonchev–Trinajstić information content (AvgIpc) is 2.74. The Balaban J connectivity index is 1.44. The minimum atomic E-state index is -0.537. The van der Waals surface area contributed by atoms with E-state index in [1.807, 2.05) is 19.1 Å². The predicted octanol–water partition coefficient (Wildman–Crippen LogP) is 2.67. The van der Waals surface area contributed by atoms with Gasteiger partial charge in [-0.05, 0) is 36.8 Å². The second-order valence-electron chi connectivity index (χ2n) is 6.14. The van der Waals surface area contributed by atoms with E-state index in [0.717, 1.165) is 5.56 Å². The lowest BCUT2D eigenvalue weighted by Gasteiger charge is -2.08. The maximum absolute atomic E-state index is 12.1. The third-order valence-electron chi connectivity index (χ3n) is 3.87. The van der Waals surface area contributed by atoms with Crippen molar-refractivity contribution in [1.82, 2.24) is 20.5 Å². The molecule has 0 spiro atoms. The predicted molar refractivity (Wildman–Crippen MR) is 108 cm³/mol. The first kappa shape index (κ1) is 19.7. The van der Waals surface area contributed by atoms with Gasteiger partial charge in [0.1, 0.15) is 11.6 Å². The van der Waals surface area contributed by atoms with Gasteiger partial charge in [-0.1, -0.05) is 12.1 Å². The van der Waals surface area contributed by atoms with E-state index in [9.17, 15) is 14.9 Å². The number of nitro groups is 1. The van der Waals surface area contributed by atoms with Crippen molar-refractivity contribution >= 4 is 29.0 Å². The molecule has 2 heterocycles. The molecule has 3 rings (SSSR count). The minimum absolute atomic E-state index is 0.124. The van der Waals surface area contributed by atoms with Gasteiger partial charge >= 0.3 is 0 Å². The topological polar surface area (TPSA) is 135 Å². The lowest BCUT2D eigenvalue weighted by atomic mass is 10.2. The Morgan fingerprint density at radius 3 is 2.48 bits per heavy atom. The van der Waals surface area contributed by atoms with E-state index in [1.165, 1.54) is 24.3 Å². The third kappa shape index (κ3) is 5.70. The number of aryl methyl sites for hydroxylation is 1. The molecule has 2 aromatic heterocycles. The van der Waals surface area contributed by atoms with E-state index in [-0.39, 0.29) is 17.2 Å². The van der Waals surface area contributed by atoms with Gasteiger partial charge in [0.2, 0.25) is 0 Å². The highest BCUT2D eigenvalue weighted by molar-refractivity contribution is 5.94. The summed E-state index contributed by atoms with van der Waals surface area (Å²) in [6.45, 7) is 2.70. The van der Waals surface area contributed by atoms with Gasteiger partial charge in [0, 0.05) is 37.0 Å². The number of pyridine rings is 1. The van der Waals surface area contributed by atoms with Crippen molar-refractivity contribution in [2.75, 3.05) is 23.7 Å². The van der Waals surface area contributed by atoms with E-state index in [1.54, 1.807) is 18.3 Å². The Labute approximate surface area is 166 Å². The SMILES string of the molecule is Cc1ccc(Nc2ccc(NCCNC(=O)c3cccc([N+](=O)[O-])c3)nn2)nc1. The third-order valence-corrected chi connectivity index (χ3v) is 3.87. The monoisotopic (exact) mass is 393 g/mol. The summed E-state index contributed by atoms with van der Waals surface area (Å²) in [4.78, 5) is 26.5. The van der Waals surface area contributed by atoms with Gasteiger partial charge in [0.05, 0.1) is 4.92 Å². The fourth-order valence-corrected chi connectivity index (χ4v) is 2.40. The first-order valence-electron chi connectivity index (χ1n) is 8.81. The van der Waals surface area contributed by atoms with Crippen LogP contribution in [-0.2, 0) is 0 Å². The summed E-state index contributed by atoms with van der Waals surface area (Å²) in [5.41, 5.74) is 1.18. The summed E-state index contributed by atoms with van der Waals surface area (Å²) in [5.74, 6) is 1.41. The Morgan fingerprint density at radius 1 is 1.03 bits per heavy atom. The molecule has 10 heteroatoms. The highest BCUT2D eigenvalue weighted by Crippen LogP contribution is 2.14. The summed E-state index contributed by atoms with van der Waals surface area (Å²) in [6.07, 6.45) is 1.76. The maximum atomic E-state index is 12.1. The number of non-ortho nitro benzene ring substituents is 1. The Hall–Kier alpha value is -4.08.